The van der Waals surface area contributed by atoms with E-state index in [9.17, 15) is 21.6 Å². The minimum atomic E-state index is -3.86. The smallest absolute Gasteiger partial charge is 0.207 e. The molecule has 0 aliphatic heterocycles. The first-order valence-electron chi connectivity index (χ1n) is 5.68. The number of rotatable bonds is 4. The maximum Gasteiger partial charge on any atom is 0.240 e. The van der Waals surface area contributed by atoms with Crippen molar-refractivity contribution < 1.29 is 21.6 Å². The molecule has 2 rings (SSSR count). The molecule has 0 unspecified atom stereocenters. The number of halogens is 4. The summed E-state index contributed by atoms with van der Waals surface area (Å²) in [7, 11) is -3.86. The third kappa shape index (κ3) is 3.75. The zero-order valence-corrected chi connectivity index (χ0v) is 12.0. The largest absolute Gasteiger partial charge is 0.240 e. The highest BCUT2D eigenvalue weighted by molar-refractivity contribution is 7.89. The van der Waals surface area contributed by atoms with Gasteiger partial charge < -0.3 is 0 Å². The Balaban J connectivity index is 2.17. The third-order valence-electron chi connectivity index (χ3n) is 2.63. The molecule has 2 aromatic carbocycles. The summed E-state index contributed by atoms with van der Waals surface area (Å²) in [6, 6.07) is 6.82. The first kappa shape index (κ1) is 15.8. The minimum Gasteiger partial charge on any atom is -0.207 e. The van der Waals surface area contributed by atoms with Crippen LogP contribution in [0.25, 0.3) is 0 Å². The molecule has 0 aliphatic rings. The molecule has 8 heteroatoms. The minimum absolute atomic E-state index is 0.0380. The van der Waals surface area contributed by atoms with E-state index in [1.54, 1.807) is 0 Å². The summed E-state index contributed by atoms with van der Waals surface area (Å²) in [6.45, 7) is -0.376. The summed E-state index contributed by atoms with van der Waals surface area (Å²) >= 11 is 5.65. The lowest BCUT2D eigenvalue weighted by Crippen LogP contribution is -2.23. The zero-order chi connectivity index (χ0) is 15.6. The van der Waals surface area contributed by atoms with Crippen molar-refractivity contribution in [2.45, 2.75) is 11.4 Å². The van der Waals surface area contributed by atoms with Crippen molar-refractivity contribution >= 4 is 21.6 Å². The van der Waals surface area contributed by atoms with Gasteiger partial charge in [-0.05, 0) is 42.0 Å². The van der Waals surface area contributed by atoms with Crippen LogP contribution < -0.4 is 4.72 Å². The Morgan fingerprint density at radius 3 is 2.05 bits per heavy atom. The first-order valence-corrected chi connectivity index (χ1v) is 7.54. The molecule has 0 saturated heterocycles. The molecule has 21 heavy (non-hydrogen) atoms. The number of sulfonamides is 1. The number of nitrogens with one attached hydrogen (secondary N) is 1. The summed E-state index contributed by atoms with van der Waals surface area (Å²) in [6.07, 6.45) is 0. The van der Waals surface area contributed by atoms with Gasteiger partial charge in [-0.15, -0.1) is 0 Å². The molecule has 0 aliphatic carbocycles. The fourth-order valence-electron chi connectivity index (χ4n) is 1.59. The molecule has 0 radical (unpaired) electrons. The molecule has 2 aromatic rings. The van der Waals surface area contributed by atoms with Crippen LogP contribution in [0.2, 0.25) is 5.02 Å². The van der Waals surface area contributed by atoms with Crippen molar-refractivity contribution in [1.29, 1.82) is 0 Å². The van der Waals surface area contributed by atoms with Gasteiger partial charge in [0, 0.05) is 11.6 Å². The average molecular weight is 336 g/mol. The zero-order valence-electron chi connectivity index (χ0n) is 10.4. The van der Waals surface area contributed by atoms with E-state index in [1.807, 2.05) is 0 Å². The predicted molar refractivity (Wildman–Crippen MR) is 71.8 cm³/mol. The second-order valence-electron chi connectivity index (χ2n) is 4.15. The first-order chi connectivity index (χ1) is 9.79. The predicted octanol–water partition coefficient (Wildman–Crippen LogP) is 3.24. The van der Waals surface area contributed by atoms with Gasteiger partial charge in [0.25, 0.3) is 0 Å². The Bertz CT molecular complexity index is 740. The Morgan fingerprint density at radius 2 is 1.52 bits per heavy atom. The number of hydrogen-bond donors (Lipinski definition) is 1. The maximum atomic E-state index is 13.0. The lowest BCUT2D eigenvalue weighted by atomic mass is 10.2. The van der Waals surface area contributed by atoms with Gasteiger partial charge in [-0.2, -0.15) is 0 Å². The fraction of sp³-hybridized carbons (Fsp3) is 0.0769. The molecule has 0 bridgehead atoms. The van der Waals surface area contributed by atoms with E-state index >= 15 is 0 Å². The second-order valence-corrected chi connectivity index (χ2v) is 6.36. The van der Waals surface area contributed by atoms with E-state index in [2.05, 4.69) is 4.72 Å². The lowest BCUT2D eigenvalue weighted by Gasteiger charge is -2.07. The van der Waals surface area contributed by atoms with Crippen molar-refractivity contribution in [3.8, 4) is 0 Å². The van der Waals surface area contributed by atoms with Gasteiger partial charge in [-0.1, -0.05) is 11.6 Å². The van der Waals surface area contributed by atoms with Crippen LogP contribution >= 0.6 is 11.6 Å². The van der Waals surface area contributed by atoms with Crippen LogP contribution in [0, 0.1) is 17.5 Å². The fourth-order valence-corrected chi connectivity index (χ4v) is 2.73. The molecule has 0 aromatic heterocycles. The topological polar surface area (TPSA) is 46.2 Å². The Kier molecular flexibility index (Phi) is 4.55. The molecule has 1 N–H and O–H groups in total. The van der Waals surface area contributed by atoms with Crippen molar-refractivity contribution in [1.82, 2.24) is 4.72 Å². The van der Waals surface area contributed by atoms with Gasteiger partial charge >= 0.3 is 0 Å². The van der Waals surface area contributed by atoms with Crippen LogP contribution in [-0.4, -0.2) is 8.42 Å². The Labute approximate surface area is 124 Å². The van der Waals surface area contributed by atoms with E-state index in [1.165, 1.54) is 24.3 Å². The number of benzene rings is 2. The molecule has 0 fully saturated rings. The van der Waals surface area contributed by atoms with E-state index in [0.29, 0.717) is 5.02 Å². The standard InChI is InChI=1S/C13H9ClF3NO2S/c14-9-1-3-10(4-2-9)21(19,20)18-7-8-5-11(15)13(17)12(16)6-8/h1-6,18H,7H2. The number of hydrogen-bond acceptors (Lipinski definition) is 2. The quantitative estimate of drug-likeness (QED) is 0.872. The molecular formula is C13H9ClF3NO2S. The van der Waals surface area contributed by atoms with Gasteiger partial charge in [0.2, 0.25) is 10.0 Å². The molecule has 3 nitrogen and oxygen atoms in total. The SMILES string of the molecule is O=S(=O)(NCc1cc(F)c(F)c(F)c1)c1ccc(Cl)cc1. The van der Waals surface area contributed by atoms with Crippen LogP contribution in [0.4, 0.5) is 13.2 Å². The van der Waals surface area contributed by atoms with E-state index in [4.69, 9.17) is 11.6 Å². The van der Waals surface area contributed by atoms with E-state index in [0.717, 1.165) is 12.1 Å². The van der Waals surface area contributed by atoms with E-state index < -0.39 is 27.5 Å². The van der Waals surface area contributed by atoms with Crippen molar-refractivity contribution in [3.05, 3.63) is 64.4 Å². The molecule has 0 amide bonds. The summed E-state index contributed by atoms with van der Waals surface area (Å²) in [4.78, 5) is -0.0463. The average Bonchev–Trinajstić information content (AvgIpc) is 2.43. The third-order valence-corrected chi connectivity index (χ3v) is 4.30. The van der Waals surface area contributed by atoms with E-state index in [-0.39, 0.29) is 17.0 Å². The van der Waals surface area contributed by atoms with Crippen LogP contribution in [0.5, 0.6) is 0 Å². The molecule has 0 saturated carbocycles. The van der Waals surface area contributed by atoms with Crippen LogP contribution in [-0.2, 0) is 16.6 Å². The molecular weight excluding hydrogens is 327 g/mol. The lowest BCUT2D eigenvalue weighted by molar-refractivity contribution is 0.445. The van der Waals surface area contributed by atoms with Crippen LogP contribution in [0.3, 0.4) is 0 Å². The monoisotopic (exact) mass is 335 g/mol. The molecule has 0 heterocycles. The van der Waals surface area contributed by atoms with Gasteiger partial charge in [0.15, 0.2) is 17.5 Å². The summed E-state index contributed by atoms with van der Waals surface area (Å²) in [5.74, 6) is -4.36. The normalized spacial score (nSPS) is 11.6. The Morgan fingerprint density at radius 1 is 1.00 bits per heavy atom. The van der Waals surface area contributed by atoms with Crippen LogP contribution in [0.1, 0.15) is 5.56 Å². The Hall–Kier alpha value is -1.57. The van der Waals surface area contributed by atoms with Gasteiger partial charge in [-0.3, -0.25) is 0 Å². The van der Waals surface area contributed by atoms with Crippen molar-refractivity contribution in [3.63, 3.8) is 0 Å². The maximum absolute atomic E-state index is 13.0. The second kappa shape index (κ2) is 6.05. The van der Waals surface area contributed by atoms with Crippen LogP contribution in [0.15, 0.2) is 41.3 Å². The van der Waals surface area contributed by atoms with Gasteiger partial charge in [0.05, 0.1) is 4.90 Å². The highest BCUT2D eigenvalue weighted by Gasteiger charge is 2.15. The summed E-state index contributed by atoms with van der Waals surface area (Å²) in [5.41, 5.74) is -0.0380. The summed E-state index contributed by atoms with van der Waals surface area (Å²) < 4.78 is 64.9. The van der Waals surface area contributed by atoms with Crippen molar-refractivity contribution in [2.75, 3.05) is 0 Å². The molecule has 0 atom stereocenters. The summed E-state index contributed by atoms with van der Waals surface area (Å²) in [5, 5.41) is 0.372. The van der Waals surface area contributed by atoms with Gasteiger partial charge in [0.1, 0.15) is 0 Å². The van der Waals surface area contributed by atoms with Gasteiger partial charge in [-0.25, -0.2) is 26.3 Å². The highest BCUT2D eigenvalue weighted by Crippen LogP contribution is 2.16. The highest BCUT2D eigenvalue weighted by atomic mass is 35.5. The molecule has 112 valence electrons. The molecule has 0 spiro atoms. The van der Waals surface area contributed by atoms with Crippen molar-refractivity contribution in [2.24, 2.45) is 0 Å².